The number of ether oxygens (including phenoxy) is 1. The molecule has 0 unspecified atom stereocenters. The Kier molecular flexibility index (Phi) is 5.95. The summed E-state index contributed by atoms with van der Waals surface area (Å²) in [7, 11) is 1.97. The van der Waals surface area contributed by atoms with Crippen LogP contribution >= 0.6 is 0 Å². The molecule has 1 N–H and O–H groups in total. The van der Waals surface area contributed by atoms with E-state index in [0.717, 1.165) is 39.3 Å². The Morgan fingerprint density at radius 1 is 1.48 bits per heavy atom. The summed E-state index contributed by atoms with van der Waals surface area (Å²) >= 11 is 0. The second-order valence-electron chi connectivity index (χ2n) is 5.11. The van der Waals surface area contributed by atoms with Gasteiger partial charge in [-0.1, -0.05) is 0 Å². The summed E-state index contributed by atoms with van der Waals surface area (Å²) < 4.78 is 5.09. The topological polar surface area (TPSA) is 57.7 Å². The molecule has 0 amide bonds. The molecule has 0 aliphatic carbocycles. The number of esters is 1. The zero-order valence-corrected chi connectivity index (χ0v) is 12.8. The van der Waals surface area contributed by atoms with E-state index < -0.39 is 0 Å². The summed E-state index contributed by atoms with van der Waals surface area (Å²) in [5, 5.41) is 3.34. The second-order valence-corrected chi connectivity index (χ2v) is 5.11. The van der Waals surface area contributed by atoms with Gasteiger partial charge in [-0.25, -0.2) is 9.78 Å². The smallest absolute Gasteiger partial charge is 0.341 e. The third-order valence-corrected chi connectivity index (χ3v) is 3.60. The lowest BCUT2D eigenvalue weighted by Gasteiger charge is -2.29. The molecule has 116 valence electrons. The highest BCUT2D eigenvalue weighted by atomic mass is 16.5. The van der Waals surface area contributed by atoms with Crippen LogP contribution in [0.3, 0.4) is 0 Å². The first kappa shape index (κ1) is 15.7. The van der Waals surface area contributed by atoms with Gasteiger partial charge in [-0.15, -0.1) is 0 Å². The molecule has 0 radical (unpaired) electrons. The van der Waals surface area contributed by atoms with Gasteiger partial charge in [0, 0.05) is 52.5 Å². The van der Waals surface area contributed by atoms with Gasteiger partial charge >= 0.3 is 5.97 Å². The minimum Gasteiger partial charge on any atom is -0.462 e. The number of likely N-dealkylation sites (N-methyl/N-ethyl adjacent to an activating group) is 1. The van der Waals surface area contributed by atoms with Crippen molar-refractivity contribution >= 4 is 11.8 Å². The number of hydrogen-bond acceptors (Lipinski definition) is 6. The van der Waals surface area contributed by atoms with E-state index in [1.165, 1.54) is 0 Å². The van der Waals surface area contributed by atoms with Gasteiger partial charge < -0.3 is 15.0 Å². The van der Waals surface area contributed by atoms with Crippen LogP contribution in [0.25, 0.3) is 0 Å². The molecule has 1 aliphatic rings. The van der Waals surface area contributed by atoms with E-state index in [4.69, 9.17) is 4.74 Å². The lowest BCUT2D eigenvalue weighted by Crippen LogP contribution is -2.46. The molecule has 21 heavy (non-hydrogen) atoms. The monoisotopic (exact) mass is 292 g/mol. The quantitative estimate of drug-likeness (QED) is 0.775. The number of aromatic nitrogens is 1. The van der Waals surface area contributed by atoms with E-state index in [0.29, 0.717) is 18.0 Å². The Morgan fingerprint density at radius 3 is 2.95 bits per heavy atom. The van der Waals surface area contributed by atoms with Gasteiger partial charge in [0.05, 0.1) is 6.61 Å². The number of nitrogens with one attached hydrogen (secondary N) is 1. The number of carbonyl (C=O) groups is 1. The van der Waals surface area contributed by atoms with E-state index >= 15 is 0 Å². The minimum atomic E-state index is -0.311. The van der Waals surface area contributed by atoms with Gasteiger partial charge in [0.25, 0.3) is 0 Å². The SMILES string of the molecule is CCOC(=O)c1cccnc1N(C)CCN1CCNCC1. The lowest BCUT2D eigenvalue weighted by atomic mass is 10.2. The summed E-state index contributed by atoms with van der Waals surface area (Å²) in [6.45, 7) is 8.21. The van der Waals surface area contributed by atoms with Gasteiger partial charge in [-0.3, -0.25) is 4.90 Å². The highest BCUT2D eigenvalue weighted by Crippen LogP contribution is 2.16. The maximum Gasteiger partial charge on any atom is 0.341 e. The summed E-state index contributed by atoms with van der Waals surface area (Å²) in [4.78, 5) is 20.7. The average molecular weight is 292 g/mol. The van der Waals surface area contributed by atoms with Gasteiger partial charge in [-0.05, 0) is 19.1 Å². The number of rotatable bonds is 6. The number of carbonyl (C=O) groups excluding carboxylic acids is 1. The number of nitrogens with zero attached hydrogens (tertiary/aromatic N) is 3. The maximum atomic E-state index is 12.0. The van der Waals surface area contributed by atoms with Crippen LogP contribution in [0.2, 0.25) is 0 Å². The Balaban J connectivity index is 1.97. The van der Waals surface area contributed by atoms with Crippen LogP contribution in [0, 0.1) is 0 Å². The fraction of sp³-hybridized carbons (Fsp3) is 0.600. The van der Waals surface area contributed by atoms with E-state index in [2.05, 4.69) is 15.2 Å². The maximum absolute atomic E-state index is 12.0. The minimum absolute atomic E-state index is 0.311. The zero-order chi connectivity index (χ0) is 15.1. The van der Waals surface area contributed by atoms with Crippen molar-refractivity contribution in [2.75, 3.05) is 57.8 Å². The Morgan fingerprint density at radius 2 is 2.24 bits per heavy atom. The van der Waals surface area contributed by atoms with Crippen LogP contribution < -0.4 is 10.2 Å². The average Bonchev–Trinajstić information content (AvgIpc) is 2.54. The van der Waals surface area contributed by atoms with Crippen molar-refractivity contribution in [3.8, 4) is 0 Å². The van der Waals surface area contributed by atoms with Crippen LogP contribution in [-0.4, -0.2) is 68.8 Å². The van der Waals surface area contributed by atoms with Crippen LogP contribution in [0.5, 0.6) is 0 Å². The molecule has 6 nitrogen and oxygen atoms in total. The summed E-state index contributed by atoms with van der Waals surface area (Å²) in [6.07, 6.45) is 1.71. The largest absolute Gasteiger partial charge is 0.462 e. The molecule has 6 heteroatoms. The van der Waals surface area contributed by atoms with Crippen LogP contribution in [0.4, 0.5) is 5.82 Å². The fourth-order valence-corrected chi connectivity index (χ4v) is 2.40. The molecular formula is C15H24N4O2. The molecule has 1 saturated heterocycles. The summed E-state index contributed by atoms with van der Waals surface area (Å²) in [5.41, 5.74) is 0.530. The van der Waals surface area contributed by atoms with Crippen LogP contribution in [-0.2, 0) is 4.74 Å². The normalized spacial score (nSPS) is 15.7. The molecule has 2 rings (SSSR count). The van der Waals surface area contributed by atoms with Crippen molar-refractivity contribution in [2.24, 2.45) is 0 Å². The molecule has 0 aromatic carbocycles. The Hall–Kier alpha value is -1.66. The first-order chi connectivity index (χ1) is 10.2. The molecule has 0 atom stereocenters. The molecule has 1 aromatic heterocycles. The molecule has 1 fully saturated rings. The number of hydrogen-bond donors (Lipinski definition) is 1. The molecule has 2 heterocycles. The van der Waals surface area contributed by atoms with Gasteiger partial charge in [0.15, 0.2) is 0 Å². The predicted octanol–water partition coefficient (Wildman–Crippen LogP) is 0.600. The Bertz CT molecular complexity index is 461. The predicted molar refractivity (Wildman–Crippen MR) is 82.8 cm³/mol. The van der Waals surface area contributed by atoms with Gasteiger partial charge in [0.1, 0.15) is 11.4 Å². The summed E-state index contributed by atoms with van der Waals surface area (Å²) in [5.74, 6) is 0.376. The van der Waals surface area contributed by atoms with E-state index in [1.54, 1.807) is 18.3 Å². The molecule has 0 bridgehead atoms. The van der Waals surface area contributed by atoms with Gasteiger partial charge in [-0.2, -0.15) is 0 Å². The van der Waals surface area contributed by atoms with E-state index in [-0.39, 0.29) is 5.97 Å². The third kappa shape index (κ3) is 4.41. The van der Waals surface area contributed by atoms with Crippen molar-refractivity contribution in [2.45, 2.75) is 6.92 Å². The van der Waals surface area contributed by atoms with Crippen molar-refractivity contribution < 1.29 is 9.53 Å². The van der Waals surface area contributed by atoms with Crippen molar-refractivity contribution in [3.63, 3.8) is 0 Å². The highest BCUT2D eigenvalue weighted by molar-refractivity contribution is 5.94. The third-order valence-electron chi connectivity index (χ3n) is 3.60. The first-order valence-corrected chi connectivity index (χ1v) is 7.48. The summed E-state index contributed by atoms with van der Waals surface area (Å²) in [6, 6.07) is 3.53. The Labute approximate surface area is 126 Å². The molecule has 1 aromatic rings. The number of pyridine rings is 1. The van der Waals surface area contributed by atoms with Crippen molar-refractivity contribution in [3.05, 3.63) is 23.9 Å². The number of piperazine rings is 1. The van der Waals surface area contributed by atoms with Crippen molar-refractivity contribution in [1.29, 1.82) is 0 Å². The molecule has 0 spiro atoms. The lowest BCUT2D eigenvalue weighted by molar-refractivity contribution is 0.0526. The van der Waals surface area contributed by atoms with Crippen LogP contribution in [0.1, 0.15) is 17.3 Å². The molecule has 0 saturated carbocycles. The van der Waals surface area contributed by atoms with Crippen molar-refractivity contribution in [1.82, 2.24) is 15.2 Å². The second kappa shape index (κ2) is 7.95. The highest BCUT2D eigenvalue weighted by Gasteiger charge is 2.17. The first-order valence-electron chi connectivity index (χ1n) is 7.48. The van der Waals surface area contributed by atoms with Gasteiger partial charge in [0.2, 0.25) is 0 Å². The van der Waals surface area contributed by atoms with Crippen LogP contribution in [0.15, 0.2) is 18.3 Å². The molecular weight excluding hydrogens is 268 g/mol. The standard InChI is InChI=1S/C15H24N4O2/c1-3-21-15(20)13-5-4-6-17-14(13)18(2)11-12-19-9-7-16-8-10-19/h4-6,16H,3,7-12H2,1-2H3. The zero-order valence-electron chi connectivity index (χ0n) is 12.8. The molecule has 1 aliphatic heterocycles. The number of anilines is 1. The van der Waals surface area contributed by atoms with E-state index in [1.807, 2.05) is 18.9 Å². The fourth-order valence-electron chi connectivity index (χ4n) is 2.40. The van der Waals surface area contributed by atoms with E-state index in [9.17, 15) is 4.79 Å².